The van der Waals surface area contributed by atoms with Crippen LogP contribution >= 0.6 is 0 Å². The van der Waals surface area contributed by atoms with Gasteiger partial charge in [-0.2, -0.15) is 0 Å². The van der Waals surface area contributed by atoms with Gasteiger partial charge in [-0.3, -0.25) is 0 Å². The van der Waals surface area contributed by atoms with Gasteiger partial charge in [-0.15, -0.1) is 0 Å². The van der Waals surface area contributed by atoms with Crippen molar-refractivity contribution >= 4 is 0 Å². The number of nitrogens with two attached hydrogens (primary N) is 2. The zero-order valence-corrected chi connectivity index (χ0v) is 8.35. The van der Waals surface area contributed by atoms with E-state index in [1.165, 1.54) is 6.42 Å². The predicted octanol–water partition coefficient (Wildman–Crippen LogP) is 1.24. The van der Waals surface area contributed by atoms with Crippen molar-refractivity contribution in [1.29, 1.82) is 0 Å². The average molecular weight is 168 g/mol. The molecule has 0 aromatic rings. The first-order valence-corrected chi connectivity index (χ1v) is 4.89. The van der Waals surface area contributed by atoms with Gasteiger partial charge >= 0.3 is 0 Å². The molecule has 0 amide bonds. The van der Waals surface area contributed by atoms with E-state index in [1.807, 2.05) is 0 Å². The molecule has 2 aliphatic carbocycles. The standard InChI is InChI=1S/C10H20N2/c1-8(2)9(3,11)7-4-5-10(8,12)6-7/h7H,4-6,11-12H2,1-3H3. The minimum atomic E-state index is -0.0556. The molecule has 2 nitrogen and oxygen atoms in total. The summed E-state index contributed by atoms with van der Waals surface area (Å²) in [6.07, 6.45) is 3.53. The van der Waals surface area contributed by atoms with Crippen LogP contribution < -0.4 is 11.5 Å². The minimum Gasteiger partial charge on any atom is -0.325 e. The Labute approximate surface area is 74.7 Å². The molecule has 0 aliphatic heterocycles. The van der Waals surface area contributed by atoms with E-state index >= 15 is 0 Å². The van der Waals surface area contributed by atoms with E-state index < -0.39 is 0 Å². The highest BCUT2D eigenvalue weighted by atomic mass is 15.0. The van der Waals surface area contributed by atoms with E-state index in [2.05, 4.69) is 20.8 Å². The molecule has 2 saturated carbocycles. The molecule has 2 rings (SSSR count). The molecule has 0 heterocycles. The Balaban J connectivity index is 2.46. The highest BCUT2D eigenvalue weighted by Gasteiger charge is 2.65. The van der Waals surface area contributed by atoms with Crippen LogP contribution in [-0.4, -0.2) is 11.1 Å². The van der Waals surface area contributed by atoms with Crippen molar-refractivity contribution < 1.29 is 0 Å². The van der Waals surface area contributed by atoms with Gasteiger partial charge in [0.2, 0.25) is 0 Å². The normalized spacial score (nSPS) is 56.2. The first-order chi connectivity index (χ1) is 5.31. The second kappa shape index (κ2) is 1.88. The summed E-state index contributed by atoms with van der Waals surface area (Å²) in [5, 5.41) is 0. The molecule has 2 heteroatoms. The van der Waals surface area contributed by atoms with Gasteiger partial charge in [-0.25, -0.2) is 0 Å². The van der Waals surface area contributed by atoms with Crippen LogP contribution in [0.1, 0.15) is 40.0 Å². The fraction of sp³-hybridized carbons (Fsp3) is 1.00. The van der Waals surface area contributed by atoms with Crippen molar-refractivity contribution in [1.82, 2.24) is 0 Å². The van der Waals surface area contributed by atoms with Gasteiger partial charge in [0.15, 0.2) is 0 Å². The lowest BCUT2D eigenvalue weighted by Crippen LogP contribution is -2.62. The molecule has 3 unspecified atom stereocenters. The molecule has 0 spiro atoms. The highest BCUT2D eigenvalue weighted by Crippen LogP contribution is 2.61. The maximum absolute atomic E-state index is 6.37. The summed E-state index contributed by atoms with van der Waals surface area (Å²) in [6, 6.07) is 0. The van der Waals surface area contributed by atoms with Gasteiger partial charge in [-0.05, 0) is 32.1 Å². The molecule has 0 radical (unpaired) electrons. The third-order valence-corrected chi connectivity index (χ3v) is 4.99. The Bertz CT molecular complexity index is 213. The molecule has 2 fully saturated rings. The Morgan fingerprint density at radius 3 is 2.00 bits per heavy atom. The van der Waals surface area contributed by atoms with Crippen LogP contribution in [0.5, 0.6) is 0 Å². The lowest BCUT2D eigenvalue weighted by atomic mass is 9.62. The summed E-state index contributed by atoms with van der Waals surface area (Å²) in [6.45, 7) is 6.63. The summed E-state index contributed by atoms with van der Waals surface area (Å²) >= 11 is 0. The smallest absolute Gasteiger partial charge is 0.0227 e. The van der Waals surface area contributed by atoms with Crippen molar-refractivity contribution in [3.8, 4) is 0 Å². The number of hydrogen-bond acceptors (Lipinski definition) is 2. The molecule has 3 atom stereocenters. The second-order valence-electron chi connectivity index (χ2n) is 5.50. The van der Waals surface area contributed by atoms with Gasteiger partial charge in [0, 0.05) is 16.5 Å². The van der Waals surface area contributed by atoms with Gasteiger partial charge in [0.05, 0.1) is 0 Å². The van der Waals surface area contributed by atoms with Gasteiger partial charge in [-0.1, -0.05) is 13.8 Å². The third-order valence-electron chi connectivity index (χ3n) is 4.99. The Kier molecular flexibility index (Phi) is 1.33. The molecular formula is C10H20N2. The second-order valence-corrected chi connectivity index (χ2v) is 5.50. The SMILES string of the molecule is CC1(N)C2CCC(N)(C2)C1(C)C. The van der Waals surface area contributed by atoms with Crippen LogP contribution in [0.25, 0.3) is 0 Å². The zero-order valence-electron chi connectivity index (χ0n) is 8.35. The highest BCUT2D eigenvalue weighted by molar-refractivity contribution is 5.22. The summed E-state index contributed by atoms with van der Waals surface area (Å²) in [5.74, 6) is 0.650. The monoisotopic (exact) mass is 168 g/mol. The average Bonchev–Trinajstić information content (AvgIpc) is 2.36. The van der Waals surface area contributed by atoms with Crippen LogP contribution in [-0.2, 0) is 0 Å². The summed E-state index contributed by atoms with van der Waals surface area (Å²) in [4.78, 5) is 0. The van der Waals surface area contributed by atoms with Crippen molar-refractivity contribution in [2.24, 2.45) is 22.8 Å². The number of fused-ring (bicyclic) bond motifs is 2. The number of hydrogen-bond donors (Lipinski definition) is 2. The van der Waals surface area contributed by atoms with Crippen molar-refractivity contribution in [2.75, 3.05) is 0 Å². The Morgan fingerprint density at radius 1 is 1.17 bits per heavy atom. The molecule has 0 aromatic heterocycles. The lowest BCUT2D eigenvalue weighted by Gasteiger charge is -2.49. The Morgan fingerprint density at radius 2 is 1.75 bits per heavy atom. The van der Waals surface area contributed by atoms with Gasteiger partial charge in [0.25, 0.3) is 0 Å². The van der Waals surface area contributed by atoms with Crippen LogP contribution in [0.4, 0.5) is 0 Å². The number of rotatable bonds is 0. The van der Waals surface area contributed by atoms with Crippen LogP contribution in [0, 0.1) is 11.3 Å². The molecule has 4 N–H and O–H groups in total. The lowest BCUT2D eigenvalue weighted by molar-refractivity contribution is 0.0807. The van der Waals surface area contributed by atoms with Gasteiger partial charge < -0.3 is 11.5 Å². The fourth-order valence-electron chi connectivity index (χ4n) is 3.20. The minimum absolute atomic E-state index is 0.0150. The van der Waals surface area contributed by atoms with Crippen LogP contribution in [0.15, 0.2) is 0 Å². The van der Waals surface area contributed by atoms with E-state index in [9.17, 15) is 0 Å². The molecular weight excluding hydrogens is 148 g/mol. The maximum Gasteiger partial charge on any atom is 0.0227 e. The Hall–Kier alpha value is -0.0800. The largest absolute Gasteiger partial charge is 0.325 e. The van der Waals surface area contributed by atoms with E-state index in [-0.39, 0.29) is 16.5 Å². The van der Waals surface area contributed by atoms with Crippen molar-refractivity contribution in [3.05, 3.63) is 0 Å². The first kappa shape index (κ1) is 8.52. The third kappa shape index (κ3) is 0.647. The molecule has 2 aliphatic rings. The maximum atomic E-state index is 6.37. The predicted molar refractivity (Wildman–Crippen MR) is 50.6 cm³/mol. The van der Waals surface area contributed by atoms with Crippen molar-refractivity contribution in [2.45, 2.75) is 51.1 Å². The quantitative estimate of drug-likeness (QED) is 0.572. The topological polar surface area (TPSA) is 52.0 Å². The summed E-state index contributed by atoms with van der Waals surface area (Å²) in [7, 11) is 0. The molecule has 2 bridgehead atoms. The molecule has 70 valence electrons. The summed E-state index contributed by atoms with van der Waals surface area (Å²) < 4.78 is 0. The summed E-state index contributed by atoms with van der Waals surface area (Å²) in [5.41, 5.74) is 12.8. The van der Waals surface area contributed by atoms with E-state index in [0.717, 1.165) is 12.8 Å². The van der Waals surface area contributed by atoms with E-state index in [4.69, 9.17) is 11.5 Å². The molecule has 0 aromatic carbocycles. The van der Waals surface area contributed by atoms with Gasteiger partial charge in [0.1, 0.15) is 0 Å². The van der Waals surface area contributed by atoms with Crippen LogP contribution in [0.3, 0.4) is 0 Å². The van der Waals surface area contributed by atoms with Crippen molar-refractivity contribution in [3.63, 3.8) is 0 Å². The first-order valence-electron chi connectivity index (χ1n) is 4.89. The van der Waals surface area contributed by atoms with E-state index in [0.29, 0.717) is 5.92 Å². The molecule has 0 saturated heterocycles. The fourth-order valence-corrected chi connectivity index (χ4v) is 3.20. The van der Waals surface area contributed by atoms with E-state index in [1.54, 1.807) is 0 Å². The molecule has 12 heavy (non-hydrogen) atoms. The van der Waals surface area contributed by atoms with Crippen LogP contribution in [0.2, 0.25) is 0 Å². The zero-order chi connectivity index (χ0) is 9.20.